The summed E-state index contributed by atoms with van der Waals surface area (Å²) < 4.78 is 11.4. The number of aryl methyl sites for hydroxylation is 2. The Morgan fingerprint density at radius 1 is 1.00 bits per heavy atom. The van der Waals surface area contributed by atoms with Crippen molar-refractivity contribution >= 4 is 34.7 Å². The van der Waals surface area contributed by atoms with Crippen LogP contribution in [-0.4, -0.2) is 34.6 Å². The molecule has 0 saturated carbocycles. The topological polar surface area (TPSA) is 96.3 Å². The quantitative estimate of drug-likeness (QED) is 0.204. The van der Waals surface area contributed by atoms with Crippen LogP contribution in [0.15, 0.2) is 60.2 Å². The van der Waals surface area contributed by atoms with Crippen LogP contribution in [-0.2, 0) is 9.59 Å². The summed E-state index contributed by atoms with van der Waals surface area (Å²) in [6.45, 7) is 9.59. The molecular formula is C30H30ClNO6. The molecule has 7 nitrogen and oxygen atoms in total. The minimum Gasteiger partial charge on any atom is -0.507 e. The summed E-state index contributed by atoms with van der Waals surface area (Å²) in [6, 6.07) is 13.7. The van der Waals surface area contributed by atoms with Gasteiger partial charge < -0.3 is 19.7 Å². The number of ether oxygens (including phenoxy) is 2. The number of carbonyl (C=O) groups excluding carboxylic acids is 2. The third kappa shape index (κ3) is 5.07. The number of halogens is 1. The molecule has 1 atom stereocenters. The standard InChI is InChI=1S/C30H30ClNO6/c1-6-37-25-14-19(8-11-23(25)33)27-26(28(34)20-9-12-24(18(5)13-20)38-16(2)3)29(35)30(36)32(27)21-10-7-17(4)22(31)15-21/h7-16,27,33-34H,6H2,1-5H3/b28-26+. The van der Waals surface area contributed by atoms with Gasteiger partial charge in [-0.1, -0.05) is 23.7 Å². The molecule has 0 aromatic heterocycles. The molecule has 1 fully saturated rings. The molecule has 0 bridgehead atoms. The second-order valence-corrected chi connectivity index (χ2v) is 9.82. The lowest BCUT2D eigenvalue weighted by Crippen LogP contribution is -2.29. The molecule has 1 aliphatic rings. The van der Waals surface area contributed by atoms with Crippen molar-refractivity contribution in [3.63, 3.8) is 0 Å². The summed E-state index contributed by atoms with van der Waals surface area (Å²) in [5.41, 5.74) is 2.73. The summed E-state index contributed by atoms with van der Waals surface area (Å²) in [4.78, 5) is 28.2. The fourth-order valence-corrected chi connectivity index (χ4v) is 4.63. The third-order valence-corrected chi connectivity index (χ3v) is 6.70. The average Bonchev–Trinajstić information content (AvgIpc) is 3.13. The van der Waals surface area contributed by atoms with E-state index in [1.807, 2.05) is 27.7 Å². The van der Waals surface area contributed by atoms with Crippen LogP contribution >= 0.6 is 11.6 Å². The van der Waals surface area contributed by atoms with Crippen molar-refractivity contribution in [1.29, 1.82) is 0 Å². The van der Waals surface area contributed by atoms with Gasteiger partial charge in [0.25, 0.3) is 11.7 Å². The number of Topliss-reactive ketones (excluding diaryl/α,β-unsaturated/α-hetero) is 1. The van der Waals surface area contributed by atoms with E-state index in [4.69, 9.17) is 21.1 Å². The summed E-state index contributed by atoms with van der Waals surface area (Å²) in [5.74, 6) is -1.19. The van der Waals surface area contributed by atoms with Gasteiger partial charge in [-0.2, -0.15) is 0 Å². The van der Waals surface area contributed by atoms with E-state index in [0.29, 0.717) is 34.2 Å². The van der Waals surface area contributed by atoms with Gasteiger partial charge in [-0.25, -0.2) is 0 Å². The third-order valence-electron chi connectivity index (χ3n) is 6.29. The molecule has 0 aliphatic carbocycles. The molecule has 1 aliphatic heterocycles. The molecule has 1 heterocycles. The summed E-state index contributed by atoms with van der Waals surface area (Å²) >= 11 is 6.37. The zero-order valence-electron chi connectivity index (χ0n) is 21.9. The minimum atomic E-state index is -1.000. The Morgan fingerprint density at radius 2 is 1.74 bits per heavy atom. The summed E-state index contributed by atoms with van der Waals surface area (Å²) in [5, 5.41) is 22.2. The van der Waals surface area contributed by atoms with E-state index in [-0.39, 0.29) is 28.9 Å². The predicted molar refractivity (Wildman–Crippen MR) is 147 cm³/mol. The van der Waals surface area contributed by atoms with Gasteiger partial charge >= 0.3 is 0 Å². The second-order valence-electron chi connectivity index (χ2n) is 9.41. The molecule has 3 aromatic carbocycles. The van der Waals surface area contributed by atoms with Crippen LogP contribution in [0, 0.1) is 13.8 Å². The fourth-order valence-electron chi connectivity index (χ4n) is 4.46. The van der Waals surface area contributed by atoms with Crippen LogP contribution in [0.2, 0.25) is 5.02 Å². The van der Waals surface area contributed by atoms with Crippen LogP contribution in [0.25, 0.3) is 5.76 Å². The van der Waals surface area contributed by atoms with Crippen molar-refractivity contribution in [2.24, 2.45) is 0 Å². The lowest BCUT2D eigenvalue weighted by molar-refractivity contribution is -0.132. The maximum atomic E-state index is 13.5. The van der Waals surface area contributed by atoms with E-state index in [9.17, 15) is 19.8 Å². The van der Waals surface area contributed by atoms with E-state index >= 15 is 0 Å². The number of carbonyl (C=O) groups is 2. The van der Waals surface area contributed by atoms with Crippen LogP contribution in [0.4, 0.5) is 5.69 Å². The van der Waals surface area contributed by atoms with Crippen LogP contribution in [0.5, 0.6) is 17.2 Å². The number of amides is 1. The molecule has 1 unspecified atom stereocenters. The van der Waals surface area contributed by atoms with Gasteiger partial charge in [0, 0.05) is 16.3 Å². The fraction of sp³-hybridized carbons (Fsp3) is 0.267. The highest BCUT2D eigenvalue weighted by Gasteiger charge is 2.47. The Bertz CT molecular complexity index is 1440. The molecule has 1 amide bonds. The van der Waals surface area contributed by atoms with E-state index in [1.54, 1.807) is 55.5 Å². The molecule has 4 rings (SSSR count). The van der Waals surface area contributed by atoms with Crippen molar-refractivity contribution in [2.45, 2.75) is 46.8 Å². The number of ketones is 1. The van der Waals surface area contributed by atoms with Crippen LogP contribution < -0.4 is 14.4 Å². The molecule has 198 valence electrons. The first kappa shape index (κ1) is 27.1. The van der Waals surface area contributed by atoms with Gasteiger partial charge in [0.2, 0.25) is 0 Å². The smallest absolute Gasteiger partial charge is 0.300 e. The number of aromatic hydroxyl groups is 1. The molecule has 0 radical (unpaired) electrons. The average molecular weight is 536 g/mol. The van der Waals surface area contributed by atoms with Gasteiger partial charge in [-0.15, -0.1) is 0 Å². The van der Waals surface area contributed by atoms with E-state index in [2.05, 4.69) is 0 Å². The lowest BCUT2D eigenvalue weighted by atomic mass is 9.94. The number of nitrogens with zero attached hydrogens (tertiary/aromatic N) is 1. The van der Waals surface area contributed by atoms with Crippen molar-refractivity contribution in [1.82, 2.24) is 0 Å². The molecule has 1 saturated heterocycles. The molecule has 38 heavy (non-hydrogen) atoms. The molecule has 0 spiro atoms. The first-order valence-electron chi connectivity index (χ1n) is 12.3. The number of phenolic OH excluding ortho intramolecular Hbond substituents is 1. The van der Waals surface area contributed by atoms with Crippen LogP contribution in [0.3, 0.4) is 0 Å². The Hall–Kier alpha value is -3.97. The normalized spacial score (nSPS) is 16.8. The monoisotopic (exact) mass is 535 g/mol. The summed E-state index contributed by atoms with van der Waals surface area (Å²) in [7, 11) is 0. The minimum absolute atomic E-state index is 0.0335. The molecule has 2 N–H and O–H groups in total. The Labute approximate surface area is 226 Å². The van der Waals surface area contributed by atoms with E-state index in [1.165, 1.54) is 11.0 Å². The highest BCUT2D eigenvalue weighted by molar-refractivity contribution is 6.51. The number of rotatable bonds is 7. The first-order chi connectivity index (χ1) is 18.0. The number of anilines is 1. The predicted octanol–water partition coefficient (Wildman–Crippen LogP) is 6.47. The van der Waals surface area contributed by atoms with Gasteiger partial charge in [0.1, 0.15) is 11.5 Å². The second kappa shape index (κ2) is 10.8. The Morgan fingerprint density at radius 3 is 2.37 bits per heavy atom. The highest BCUT2D eigenvalue weighted by Crippen LogP contribution is 2.44. The maximum Gasteiger partial charge on any atom is 0.300 e. The largest absolute Gasteiger partial charge is 0.507 e. The zero-order chi connectivity index (χ0) is 27.7. The Balaban J connectivity index is 1.93. The number of hydrogen-bond donors (Lipinski definition) is 2. The number of hydrogen-bond acceptors (Lipinski definition) is 6. The molecule has 8 heteroatoms. The number of aliphatic hydroxyl groups is 1. The number of aliphatic hydroxyl groups excluding tert-OH is 1. The first-order valence-corrected chi connectivity index (χ1v) is 12.7. The lowest BCUT2D eigenvalue weighted by Gasteiger charge is -2.26. The van der Waals surface area contributed by atoms with E-state index in [0.717, 1.165) is 11.1 Å². The highest BCUT2D eigenvalue weighted by atomic mass is 35.5. The van der Waals surface area contributed by atoms with Gasteiger partial charge in [-0.05, 0) is 93.8 Å². The SMILES string of the molecule is CCOc1cc(C2/C(=C(\O)c3ccc(OC(C)C)c(C)c3)C(=O)C(=O)N2c2ccc(C)c(Cl)c2)ccc1O. The number of phenols is 1. The van der Waals surface area contributed by atoms with Gasteiger partial charge in [0.05, 0.1) is 24.3 Å². The summed E-state index contributed by atoms with van der Waals surface area (Å²) in [6.07, 6.45) is -0.0335. The van der Waals surface area contributed by atoms with Gasteiger partial charge in [-0.3, -0.25) is 14.5 Å². The van der Waals surface area contributed by atoms with Crippen molar-refractivity contribution in [3.05, 3.63) is 87.4 Å². The van der Waals surface area contributed by atoms with Crippen LogP contribution in [0.1, 0.15) is 49.1 Å². The van der Waals surface area contributed by atoms with Crippen molar-refractivity contribution < 1.29 is 29.3 Å². The van der Waals surface area contributed by atoms with E-state index < -0.39 is 17.7 Å². The Kier molecular flexibility index (Phi) is 7.69. The number of benzene rings is 3. The van der Waals surface area contributed by atoms with Crippen molar-refractivity contribution in [3.8, 4) is 17.2 Å². The van der Waals surface area contributed by atoms with Crippen molar-refractivity contribution in [2.75, 3.05) is 11.5 Å². The zero-order valence-corrected chi connectivity index (χ0v) is 22.7. The van der Waals surface area contributed by atoms with Gasteiger partial charge in [0.15, 0.2) is 11.5 Å². The molecular weight excluding hydrogens is 506 g/mol. The molecule has 3 aromatic rings. The maximum absolute atomic E-state index is 13.5.